The number of likely N-dealkylation sites (N-methyl/N-ethyl adjacent to an activating group) is 1. The number of carbonyl (C=O) groups excluding carboxylic acids is 1. The van der Waals surface area contributed by atoms with Gasteiger partial charge in [-0.05, 0) is 34.1 Å². The minimum absolute atomic E-state index is 0.0145. The van der Waals surface area contributed by atoms with Gasteiger partial charge in [0, 0.05) is 5.02 Å². The third-order valence-electron chi connectivity index (χ3n) is 3.15. The van der Waals surface area contributed by atoms with E-state index in [1.165, 1.54) is 4.90 Å². The average Bonchev–Trinajstić information content (AvgIpc) is 2.40. The number of rotatable bonds is 4. The molecule has 0 aliphatic carbocycles. The molecule has 7 heteroatoms. The molecule has 1 amide bonds. The Balaban J connectivity index is 1.77. The Kier molecular flexibility index (Phi) is 5.65. The topological polar surface area (TPSA) is 46.0 Å². The van der Waals surface area contributed by atoms with E-state index in [1.54, 1.807) is 18.2 Å². The van der Waals surface area contributed by atoms with Crippen LogP contribution in [0.25, 0.3) is 0 Å². The molecule has 0 bridgehead atoms. The van der Waals surface area contributed by atoms with Gasteiger partial charge in [-0.15, -0.1) is 0 Å². The number of halogens is 2. The van der Waals surface area contributed by atoms with Gasteiger partial charge < -0.3 is 9.64 Å². The van der Waals surface area contributed by atoms with Crippen molar-refractivity contribution in [2.75, 3.05) is 39.8 Å². The summed E-state index contributed by atoms with van der Waals surface area (Å²) in [5.74, 6) is 0.457. The summed E-state index contributed by atoms with van der Waals surface area (Å²) < 4.78 is 6.20. The normalized spacial score (nSPS) is 16.9. The molecule has 0 atom stereocenters. The van der Waals surface area contributed by atoms with Crippen molar-refractivity contribution < 1.29 is 14.4 Å². The van der Waals surface area contributed by atoms with E-state index in [-0.39, 0.29) is 12.5 Å². The molecule has 0 spiro atoms. The first-order chi connectivity index (χ1) is 9.54. The Labute approximate surface area is 131 Å². The smallest absolute Gasteiger partial charge is 0.272 e. The van der Waals surface area contributed by atoms with E-state index in [9.17, 15) is 4.79 Å². The molecular weight excluding hydrogens is 346 g/mol. The second kappa shape index (κ2) is 7.26. The Morgan fingerprint density at radius 1 is 1.50 bits per heavy atom. The van der Waals surface area contributed by atoms with Crippen LogP contribution in [0.1, 0.15) is 0 Å². The second-order valence-corrected chi connectivity index (χ2v) is 6.13. The minimum atomic E-state index is -0.147. The maximum atomic E-state index is 11.8. The zero-order chi connectivity index (χ0) is 14.5. The fraction of sp³-hybridized carbons (Fsp3) is 0.462. The number of piperazine rings is 1. The molecule has 1 aromatic rings. The van der Waals surface area contributed by atoms with Gasteiger partial charge >= 0.3 is 0 Å². The lowest BCUT2D eigenvalue weighted by atomic mass is 10.3. The average molecular weight is 364 g/mol. The van der Waals surface area contributed by atoms with Crippen LogP contribution >= 0.6 is 27.5 Å². The van der Waals surface area contributed by atoms with Crippen molar-refractivity contribution in [3.8, 4) is 5.75 Å². The number of nitrogens with one attached hydrogen (secondary N) is 2. The van der Waals surface area contributed by atoms with Crippen LogP contribution in [0.15, 0.2) is 22.7 Å². The van der Waals surface area contributed by atoms with Gasteiger partial charge in [-0.2, -0.15) is 0 Å². The fourth-order valence-corrected chi connectivity index (χ4v) is 2.74. The summed E-state index contributed by atoms with van der Waals surface area (Å²) in [6.07, 6.45) is 0. The van der Waals surface area contributed by atoms with Gasteiger partial charge in [0.15, 0.2) is 6.61 Å². The van der Waals surface area contributed by atoms with Gasteiger partial charge in [0.25, 0.3) is 5.91 Å². The number of nitrogens with zero attached hydrogens (tertiary/aromatic N) is 1. The standard InChI is InChI=1S/C13H17BrClN3O2/c1-17-4-6-18(7-5-17)16-13(19)9-20-12-3-2-10(15)8-11(12)14/h2-3,8H,4-7,9H2,1H3,(H,16,19)/p+1. The third kappa shape index (κ3) is 4.63. The molecule has 1 aliphatic rings. The number of amides is 1. The predicted molar refractivity (Wildman–Crippen MR) is 81.0 cm³/mol. The van der Waals surface area contributed by atoms with E-state index in [0.717, 1.165) is 30.7 Å². The first-order valence-corrected chi connectivity index (χ1v) is 7.65. The van der Waals surface area contributed by atoms with Gasteiger partial charge in [0.1, 0.15) is 5.75 Å². The van der Waals surface area contributed by atoms with Gasteiger partial charge in [-0.1, -0.05) is 11.6 Å². The molecule has 1 aromatic carbocycles. The van der Waals surface area contributed by atoms with Gasteiger partial charge in [0.05, 0.1) is 37.7 Å². The van der Waals surface area contributed by atoms with Crippen LogP contribution in [0.5, 0.6) is 5.75 Å². The van der Waals surface area contributed by atoms with Crippen molar-refractivity contribution in [3.63, 3.8) is 0 Å². The van der Waals surface area contributed by atoms with Crippen molar-refractivity contribution in [2.24, 2.45) is 0 Å². The largest absolute Gasteiger partial charge is 0.483 e. The molecular formula is C13H18BrClN3O2+. The fourth-order valence-electron chi connectivity index (χ4n) is 1.94. The maximum absolute atomic E-state index is 11.8. The van der Waals surface area contributed by atoms with E-state index in [0.29, 0.717) is 10.8 Å². The highest BCUT2D eigenvalue weighted by Crippen LogP contribution is 2.27. The van der Waals surface area contributed by atoms with Gasteiger partial charge in [-0.25, -0.2) is 5.01 Å². The molecule has 5 nitrogen and oxygen atoms in total. The number of hydrogen-bond donors (Lipinski definition) is 2. The van der Waals surface area contributed by atoms with Crippen molar-refractivity contribution in [3.05, 3.63) is 27.7 Å². The van der Waals surface area contributed by atoms with E-state index in [1.807, 2.05) is 5.01 Å². The van der Waals surface area contributed by atoms with E-state index in [4.69, 9.17) is 16.3 Å². The highest BCUT2D eigenvalue weighted by atomic mass is 79.9. The Morgan fingerprint density at radius 2 is 2.20 bits per heavy atom. The van der Waals surface area contributed by atoms with Crippen LogP contribution in [0.4, 0.5) is 0 Å². The molecule has 2 N–H and O–H groups in total. The molecule has 110 valence electrons. The molecule has 1 fully saturated rings. The number of hydrazine groups is 1. The molecule has 2 rings (SSSR count). The highest BCUT2D eigenvalue weighted by molar-refractivity contribution is 9.10. The molecule has 1 aliphatic heterocycles. The van der Waals surface area contributed by atoms with E-state index < -0.39 is 0 Å². The first-order valence-electron chi connectivity index (χ1n) is 6.48. The Bertz CT molecular complexity index is 479. The van der Waals surface area contributed by atoms with E-state index in [2.05, 4.69) is 28.4 Å². The Morgan fingerprint density at radius 3 is 2.85 bits per heavy atom. The molecule has 0 radical (unpaired) electrons. The monoisotopic (exact) mass is 362 g/mol. The number of quaternary nitrogens is 1. The summed E-state index contributed by atoms with van der Waals surface area (Å²) in [5.41, 5.74) is 2.86. The first kappa shape index (κ1) is 15.6. The Hall–Kier alpha value is -0.820. The highest BCUT2D eigenvalue weighted by Gasteiger charge is 2.18. The maximum Gasteiger partial charge on any atom is 0.272 e. The van der Waals surface area contributed by atoms with E-state index >= 15 is 0 Å². The quantitative estimate of drug-likeness (QED) is 0.811. The minimum Gasteiger partial charge on any atom is -0.483 e. The molecule has 20 heavy (non-hydrogen) atoms. The number of benzene rings is 1. The van der Waals surface area contributed by atoms with Crippen LogP contribution in [-0.4, -0.2) is 50.7 Å². The molecule has 1 heterocycles. The summed E-state index contributed by atoms with van der Waals surface area (Å²) in [4.78, 5) is 13.3. The predicted octanol–water partition coefficient (Wildman–Crippen LogP) is 0.343. The van der Waals surface area contributed by atoms with Crippen LogP contribution in [0.3, 0.4) is 0 Å². The number of ether oxygens (including phenoxy) is 1. The van der Waals surface area contributed by atoms with Crippen molar-refractivity contribution in [1.82, 2.24) is 10.4 Å². The summed E-state index contributed by atoms with van der Waals surface area (Å²) in [6, 6.07) is 5.19. The lowest BCUT2D eigenvalue weighted by molar-refractivity contribution is -0.884. The SMILES string of the molecule is C[NH+]1CCN(NC(=O)COc2ccc(Cl)cc2Br)CC1. The summed E-state index contributed by atoms with van der Waals surface area (Å²) in [5, 5.41) is 2.56. The van der Waals surface area contributed by atoms with Crippen LogP contribution in [-0.2, 0) is 4.79 Å². The van der Waals surface area contributed by atoms with Gasteiger partial charge in [0.2, 0.25) is 0 Å². The second-order valence-electron chi connectivity index (χ2n) is 4.84. The van der Waals surface area contributed by atoms with Crippen molar-refractivity contribution in [2.45, 2.75) is 0 Å². The molecule has 0 unspecified atom stereocenters. The molecule has 1 saturated heterocycles. The van der Waals surface area contributed by atoms with Crippen LogP contribution in [0, 0.1) is 0 Å². The zero-order valence-corrected chi connectivity index (χ0v) is 13.6. The lowest BCUT2D eigenvalue weighted by Crippen LogP contribution is -3.12. The zero-order valence-electron chi connectivity index (χ0n) is 11.3. The van der Waals surface area contributed by atoms with Crippen LogP contribution < -0.4 is 15.1 Å². The van der Waals surface area contributed by atoms with Gasteiger partial charge in [-0.3, -0.25) is 10.2 Å². The summed E-state index contributed by atoms with van der Waals surface area (Å²) >= 11 is 9.19. The third-order valence-corrected chi connectivity index (χ3v) is 4.01. The summed E-state index contributed by atoms with van der Waals surface area (Å²) in [7, 11) is 2.15. The molecule has 0 saturated carbocycles. The summed E-state index contributed by atoms with van der Waals surface area (Å²) in [6.45, 7) is 3.78. The molecule has 0 aromatic heterocycles. The number of carbonyl (C=O) groups is 1. The van der Waals surface area contributed by atoms with Crippen LogP contribution in [0.2, 0.25) is 5.02 Å². The lowest BCUT2D eigenvalue weighted by Gasteiger charge is -2.30. The van der Waals surface area contributed by atoms with Crippen molar-refractivity contribution in [1.29, 1.82) is 0 Å². The van der Waals surface area contributed by atoms with Crippen molar-refractivity contribution >= 4 is 33.4 Å². The number of hydrogen-bond acceptors (Lipinski definition) is 3.